The number of likely N-dealkylation sites (tertiary alicyclic amines) is 1. The van der Waals surface area contributed by atoms with Gasteiger partial charge in [0, 0.05) is 50.0 Å². The topological polar surface area (TPSA) is 131 Å². The molecule has 252 valence electrons. The zero-order valence-corrected chi connectivity index (χ0v) is 23.9. The highest BCUT2D eigenvalue weighted by atomic mass is 19.4. The molecule has 1 aliphatic carbocycles. The zero-order chi connectivity index (χ0) is 34.9. The van der Waals surface area contributed by atoms with Crippen LogP contribution in [0, 0.1) is 5.92 Å². The number of nitrogens with zero attached hydrogens (tertiary/aromatic N) is 3. The van der Waals surface area contributed by atoms with Gasteiger partial charge in [0.2, 0.25) is 0 Å². The van der Waals surface area contributed by atoms with Gasteiger partial charge in [0.25, 0.3) is 0 Å². The second-order valence-corrected chi connectivity index (χ2v) is 10.1. The Kier molecular flexibility index (Phi) is 13.8. The molecule has 2 aromatic rings. The maximum atomic E-state index is 10.6. The van der Waals surface area contributed by atoms with Gasteiger partial charge in [-0.25, -0.2) is 14.4 Å². The van der Waals surface area contributed by atoms with Crippen molar-refractivity contribution in [3.63, 3.8) is 0 Å². The van der Waals surface area contributed by atoms with Gasteiger partial charge < -0.3 is 15.3 Å². The number of hydrogen-bond acceptors (Lipinski definition) is 6. The third kappa shape index (κ3) is 12.2. The average molecular weight is 664 g/mol. The molecule has 1 fully saturated rings. The number of halogens is 9. The Labute approximate surface area is 250 Å². The number of aliphatic carboxylic acids is 3. The summed E-state index contributed by atoms with van der Waals surface area (Å²) in [6.45, 7) is 7.96. The van der Waals surface area contributed by atoms with Gasteiger partial charge in [0.15, 0.2) is 0 Å². The number of rotatable bonds is 4. The molecule has 45 heavy (non-hydrogen) atoms. The van der Waals surface area contributed by atoms with E-state index in [0.717, 1.165) is 6.54 Å². The van der Waals surface area contributed by atoms with E-state index in [1.807, 2.05) is 18.5 Å². The molecule has 0 spiro atoms. The minimum absolute atomic E-state index is 0.546. The third-order valence-corrected chi connectivity index (χ3v) is 6.67. The summed E-state index contributed by atoms with van der Waals surface area (Å²) in [5.41, 5.74) is 4.46. The molecule has 18 heteroatoms. The lowest BCUT2D eigenvalue weighted by atomic mass is 9.93. The Hall–Kier alpha value is -3.93. The molecule has 2 heterocycles. The number of pyridine rings is 1. The summed E-state index contributed by atoms with van der Waals surface area (Å²) in [5, 5.41) is 21.4. The van der Waals surface area contributed by atoms with Crippen LogP contribution >= 0.6 is 0 Å². The Morgan fingerprint density at radius 2 is 1.27 bits per heavy atom. The maximum Gasteiger partial charge on any atom is 0.490 e. The number of carboxylic acids is 3. The minimum Gasteiger partial charge on any atom is -0.475 e. The van der Waals surface area contributed by atoms with Crippen molar-refractivity contribution in [2.45, 2.75) is 56.9 Å². The molecule has 2 aliphatic rings. The molecule has 0 bridgehead atoms. The van der Waals surface area contributed by atoms with Gasteiger partial charge in [-0.15, -0.1) is 0 Å². The van der Waals surface area contributed by atoms with Crippen molar-refractivity contribution in [3.05, 3.63) is 65.5 Å². The van der Waals surface area contributed by atoms with E-state index in [1.54, 1.807) is 11.1 Å². The van der Waals surface area contributed by atoms with E-state index in [-0.39, 0.29) is 0 Å². The lowest BCUT2D eigenvalue weighted by Crippen LogP contribution is -2.35. The summed E-state index contributed by atoms with van der Waals surface area (Å²) in [6, 6.07) is 14.5. The SMILES string of the molecule is CC(C)N(C)[C@H]1c2ccccc2[C@@H]2CN(Cc3cccnc3)C[C@@H]21.O=C(O)C(F)(F)F.O=C(O)C(F)(F)F.O=C(O)C(F)(F)F. The van der Waals surface area contributed by atoms with Crippen LogP contribution in [-0.2, 0) is 20.9 Å². The lowest BCUT2D eigenvalue weighted by molar-refractivity contribution is -0.193. The number of aromatic nitrogens is 1. The van der Waals surface area contributed by atoms with E-state index in [9.17, 15) is 39.5 Å². The molecular formula is C27H30F9N3O6. The fraction of sp³-hybridized carbons (Fsp3) is 0.481. The summed E-state index contributed by atoms with van der Waals surface area (Å²) in [5.74, 6) is -6.90. The highest BCUT2D eigenvalue weighted by molar-refractivity contribution is 5.73. The monoisotopic (exact) mass is 663 g/mol. The Morgan fingerprint density at radius 1 is 0.822 bits per heavy atom. The quantitative estimate of drug-likeness (QED) is 0.359. The van der Waals surface area contributed by atoms with E-state index in [4.69, 9.17) is 29.7 Å². The van der Waals surface area contributed by atoms with Gasteiger partial charge in [-0.2, -0.15) is 39.5 Å². The van der Waals surface area contributed by atoms with Gasteiger partial charge >= 0.3 is 36.4 Å². The van der Waals surface area contributed by atoms with Crippen LogP contribution in [0.25, 0.3) is 0 Å². The summed E-state index contributed by atoms with van der Waals surface area (Å²) < 4.78 is 95.2. The molecule has 0 amide bonds. The normalized spacial score (nSPS) is 19.2. The number of hydrogen-bond donors (Lipinski definition) is 3. The second-order valence-electron chi connectivity index (χ2n) is 10.1. The average Bonchev–Trinajstić information content (AvgIpc) is 3.44. The number of carboxylic acid groups (broad SMARTS) is 3. The first kappa shape index (κ1) is 39.1. The third-order valence-electron chi connectivity index (χ3n) is 6.67. The summed E-state index contributed by atoms with van der Waals surface area (Å²) in [7, 11) is 2.29. The highest BCUT2D eigenvalue weighted by Crippen LogP contribution is 2.51. The molecule has 9 nitrogen and oxygen atoms in total. The van der Waals surface area contributed by atoms with Crippen molar-refractivity contribution < 1.29 is 69.2 Å². The van der Waals surface area contributed by atoms with Crippen LogP contribution in [0.4, 0.5) is 39.5 Å². The minimum atomic E-state index is -5.08. The number of benzene rings is 1. The molecule has 3 atom stereocenters. The zero-order valence-electron chi connectivity index (χ0n) is 23.9. The first-order chi connectivity index (χ1) is 20.5. The first-order valence-electron chi connectivity index (χ1n) is 12.8. The van der Waals surface area contributed by atoms with Crippen LogP contribution in [-0.4, -0.2) is 92.7 Å². The molecule has 1 saturated heterocycles. The molecule has 0 unspecified atom stereocenters. The Bertz CT molecular complexity index is 1210. The van der Waals surface area contributed by atoms with Gasteiger partial charge in [-0.1, -0.05) is 30.3 Å². The van der Waals surface area contributed by atoms with Crippen LogP contribution in [0.5, 0.6) is 0 Å². The molecule has 0 radical (unpaired) electrons. The van der Waals surface area contributed by atoms with Gasteiger partial charge in [-0.05, 0) is 49.6 Å². The van der Waals surface area contributed by atoms with E-state index in [1.165, 1.54) is 18.7 Å². The van der Waals surface area contributed by atoms with E-state index in [0.29, 0.717) is 23.9 Å². The van der Waals surface area contributed by atoms with Gasteiger partial charge in [-0.3, -0.25) is 14.8 Å². The Balaban J connectivity index is 0.000000396. The predicted octanol–water partition coefficient (Wildman–Crippen LogP) is 5.59. The maximum absolute atomic E-state index is 10.6. The van der Waals surface area contributed by atoms with Crippen molar-refractivity contribution in [1.82, 2.24) is 14.8 Å². The van der Waals surface area contributed by atoms with Crippen LogP contribution in [0.3, 0.4) is 0 Å². The van der Waals surface area contributed by atoms with Crippen molar-refractivity contribution in [2.24, 2.45) is 5.92 Å². The fourth-order valence-electron chi connectivity index (χ4n) is 4.63. The van der Waals surface area contributed by atoms with E-state index in [2.05, 4.69) is 66.0 Å². The molecular weight excluding hydrogens is 633 g/mol. The molecule has 3 N–H and O–H groups in total. The molecule has 1 aromatic heterocycles. The molecule has 1 aromatic carbocycles. The van der Waals surface area contributed by atoms with Crippen molar-refractivity contribution >= 4 is 17.9 Å². The van der Waals surface area contributed by atoms with Gasteiger partial charge in [0.05, 0.1) is 0 Å². The van der Waals surface area contributed by atoms with Crippen LogP contribution in [0.1, 0.15) is 42.5 Å². The van der Waals surface area contributed by atoms with E-state index < -0.39 is 36.4 Å². The highest BCUT2D eigenvalue weighted by Gasteiger charge is 2.47. The Morgan fingerprint density at radius 3 is 1.64 bits per heavy atom. The second kappa shape index (κ2) is 15.9. The summed E-state index contributed by atoms with van der Waals surface area (Å²) in [6.07, 6.45) is -11.4. The van der Waals surface area contributed by atoms with Crippen LogP contribution in [0.15, 0.2) is 48.8 Å². The van der Waals surface area contributed by atoms with Crippen molar-refractivity contribution in [1.29, 1.82) is 0 Å². The lowest BCUT2D eigenvalue weighted by Gasteiger charge is -2.33. The summed E-state index contributed by atoms with van der Waals surface area (Å²) >= 11 is 0. The van der Waals surface area contributed by atoms with E-state index >= 15 is 0 Å². The summed E-state index contributed by atoms with van der Waals surface area (Å²) in [4.78, 5) is 36.1. The van der Waals surface area contributed by atoms with Crippen LogP contribution in [0.2, 0.25) is 0 Å². The van der Waals surface area contributed by atoms with Crippen molar-refractivity contribution in [3.8, 4) is 0 Å². The smallest absolute Gasteiger partial charge is 0.475 e. The molecule has 4 rings (SSSR count). The largest absolute Gasteiger partial charge is 0.490 e. The number of carbonyl (C=O) groups is 3. The standard InChI is InChI=1S/C21H27N3.3C2HF3O2/c1-15(2)23(3)21-18-9-5-4-8-17(18)19-13-24(14-20(19)21)12-16-7-6-10-22-11-16;3*3-2(4,5)1(6)7/h4-11,15,19-21H,12-14H2,1-3H3;3*(H,6,7)/t19-,20-,21-;;;/m0.../s1. The van der Waals surface area contributed by atoms with Crippen molar-refractivity contribution in [2.75, 3.05) is 20.1 Å². The van der Waals surface area contributed by atoms with Crippen LogP contribution < -0.4 is 0 Å². The predicted molar refractivity (Wildman–Crippen MR) is 139 cm³/mol. The van der Waals surface area contributed by atoms with Gasteiger partial charge in [0.1, 0.15) is 0 Å². The number of alkyl halides is 9. The first-order valence-corrected chi connectivity index (χ1v) is 12.8. The molecule has 1 aliphatic heterocycles. The number of fused-ring (bicyclic) bond motifs is 3. The molecule has 0 saturated carbocycles. The fourth-order valence-corrected chi connectivity index (χ4v) is 4.63.